The number of aliphatic hydroxyl groups is 17. The molecule has 83 heavy (non-hydrogen) atoms. The highest BCUT2D eigenvalue weighted by Crippen LogP contribution is 2.45. The maximum absolute atomic E-state index is 13.0. The summed E-state index contributed by atoms with van der Waals surface area (Å²) in [6.07, 6.45) is -43.3. The van der Waals surface area contributed by atoms with Gasteiger partial charge in [0.05, 0.1) is 62.0 Å². The Morgan fingerprint density at radius 2 is 0.904 bits per heavy atom. The van der Waals surface area contributed by atoms with Crippen LogP contribution >= 0.6 is 0 Å². The number of carboxylic acids is 1. The first-order chi connectivity index (χ1) is 39.4. The Morgan fingerprint density at radius 3 is 1.39 bits per heavy atom. The summed E-state index contributed by atoms with van der Waals surface area (Å²) in [7, 11) is 0. The van der Waals surface area contributed by atoms with Crippen LogP contribution in [0, 0.1) is 17.8 Å². The first-order valence-electron chi connectivity index (χ1n) is 27.9. The highest BCUT2D eigenvalue weighted by Gasteiger charge is 2.56. The number of carbonyl (C=O) groups is 3. The normalized spacial score (nSPS) is 48.9. The monoisotopic (exact) mass is 1200 g/mol. The lowest BCUT2D eigenvalue weighted by atomic mass is 9.72. The first-order valence-corrected chi connectivity index (χ1v) is 27.9. The Labute approximate surface area is 473 Å². The minimum atomic E-state index is -2.05. The van der Waals surface area contributed by atoms with E-state index in [4.69, 9.17) is 57.2 Å². The smallest absolute Gasteiger partial charge is 0.330 e. The molecule has 32 heteroatoms. The molecule has 8 aliphatic rings. The van der Waals surface area contributed by atoms with E-state index in [1.165, 1.54) is 0 Å². The summed E-state index contributed by atoms with van der Waals surface area (Å²) in [5, 5.41) is 192. The minimum absolute atomic E-state index is 0.0000787. The largest absolute Gasteiger partial charge is 0.481 e. The third-order valence-electron chi connectivity index (χ3n) is 17.1. The Morgan fingerprint density at radius 1 is 0.458 bits per heavy atom. The van der Waals surface area contributed by atoms with Crippen molar-refractivity contribution in [1.82, 2.24) is 0 Å². The molecule has 0 spiro atoms. The van der Waals surface area contributed by atoms with E-state index in [0.717, 1.165) is 6.08 Å². The fraction of sp³-hybridized carbons (Fsp3) is 0.902. The molecule has 5 heterocycles. The number of aliphatic carboxylic acids is 1. The Hall–Kier alpha value is -2.89. The van der Waals surface area contributed by atoms with Crippen molar-refractivity contribution in [2.75, 3.05) is 26.4 Å². The van der Waals surface area contributed by atoms with Crippen LogP contribution in [-0.4, -0.2) is 314 Å². The number of esters is 2. The Kier molecular flexibility index (Phi) is 23.0. The summed E-state index contributed by atoms with van der Waals surface area (Å²) in [5.74, 6) is -5.54. The average molecular weight is 1210 g/mol. The SMILES string of the molecule is O=C(O)CC(=O)OCC1OC(OC2CC3C(O)CC(O)CC3OC2C2CC(OC3OC(CO)C(O)C(O)C3O)C(O)C(OC3OC(COC(=O)C=CC4CCC(OC5OC(CO)C(O)C(O)C5O)CC4)C(O)C(O)C3O)C2)C(O)C(O)C1O. The van der Waals surface area contributed by atoms with Gasteiger partial charge in [0.25, 0.3) is 0 Å². The van der Waals surface area contributed by atoms with Crippen LogP contribution in [0.25, 0.3) is 0 Å². The van der Waals surface area contributed by atoms with Gasteiger partial charge in [-0.1, -0.05) is 6.08 Å². The molecule has 8 rings (SSSR count). The lowest BCUT2D eigenvalue weighted by molar-refractivity contribution is -0.349. The minimum Gasteiger partial charge on any atom is -0.481 e. The van der Waals surface area contributed by atoms with Gasteiger partial charge in [0.2, 0.25) is 0 Å². The van der Waals surface area contributed by atoms with Gasteiger partial charge < -0.3 is 144 Å². The van der Waals surface area contributed by atoms with Gasteiger partial charge in [-0.25, -0.2) is 4.79 Å². The second-order valence-corrected chi connectivity index (χ2v) is 22.8. The van der Waals surface area contributed by atoms with Crippen LogP contribution in [0.1, 0.15) is 64.2 Å². The van der Waals surface area contributed by atoms with E-state index < -0.39 is 240 Å². The van der Waals surface area contributed by atoms with Crippen LogP contribution in [0.5, 0.6) is 0 Å². The predicted molar refractivity (Wildman–Crippen MR) is 262 cm³/mol. The highest BCUT2D eigenvalue weighted by atomic mass is 16.7. The number of aliphatic hydroxyl groups excluding tert-OH is 17. The maximum atomic E-state index is 13.0. The second-order valence-electron chi connectivity index (χ2n) is 22.8. The zero-order valence-electron chi connectivity index (χ0n) is 44.8. The molecule has 3 saturated carbocycles. The van der Waals surface area contributed by atoms with Gasteiger partial charge in [0.1, 0.15) is 123 Å². The van der Waals surface area contributed by atoms with Crippen LogP contribution in [0.4, 0.5) is 0 Å². The molecule has 0 aromatic carbocycles. The summed E-state index contributed by atoms with van der Waals surface area (Å²) in [6.45, 7) is -3.00. The summed E-state index contributed by atoms with van der Waals surface area (Å²) in [4.78, 5) is 36.2. The van der Waals surface area contributed by atoms with E-state index in [-0.39, 0.29) is 38.0 Å². The summed E-state index contributed by atoms with van der Waals surface area (Å²) in [5.41, 5.74) is 0. The van der Waals surface area contributed by atoms with Crippen molar-refractivity contribution in [3.8, 4) is 0 Å². The molecule has 3 aliphatic carbocycles. The molecule has 30 unspecified atom stereocenters. The third kappa shape index (κ3) is 15.5. The van der Waals surface area contributed by atoms with Crippen LogP contribution in [0.3, 0.4) is 0 Å². The molecule has 30 atom stereocenters. The lowest BCUT2D eigenvalue weighted by Crippen LogP contribution is -2.64. The topological polar surface area (TPSA) is 517 Å². The Bertz CT molecular complexity index is 2120. The first kappa shape index (κ1) is 66.1. The van der Waals surface area contributed by atoms with Gasteiger partial charge >= 0.3 is 17.9 Å². The number of hydrogen-bond acceptors (Lipinski definition) is 31. The van der Waals surface area contributed by atoms with E-state index in [1.54, 1.807) is 6.08 Å². The van der Waals surface area contributed by atoms with Crippen LogP contribution in [0.15, 0.2) is 12.2 Å². The second kappa shape index (κ2) is 29.0. The molecule has 8 fully saturated rings. The molecule has 0 aromatic rings. The molecule has 0 bridgehead atoms. The zero-order valence-corrected chi connectivity index (χ0v) is 44.8. The quantitative estimate of drug-likeness (QED) is 0.0324. The predicted octanol–water partition coefficient (Wildman–Crippen LogP) is -8.89. The van der Waals surface area contributed by atoms with Crippen molar-refractivity contribution in [1.29, 1.82) is 0 Å². The molecule has 476 valence electrons. The van der Waals surface area contributed by atoms with Crippen LogP contribution < -0.4 is 0 Å². The molecule has 5 aliphatic heterocycles. The van der Waals surface area contributed by atoms with Gasteiger partial charge in [-0.15, -0.1) is 0 Å². The highest BCUT2D eigenvalue weighted by molar-refractivity contribution is 5.90. The molecule has 0 amide bonds. The van der Waals surface area contributed by atoms with Gasteiger partial charge in [0, 0.05) is 12.0 Å². The van der Waals surface area contributed by atoms with Crippen molar-refractivity contribution in [2.45, 2.75) is 242 Å². The fourth-order valence-electron chi connectivity index (χ4n) is 12.3. The van der Waals surface area contributed by atoms with Crippen molar-refractivity contribution < 1.29 is 158 Å². The number of allylic oxidation sites excluding steroid dienone is 1. The molecule has 0 aromatic heterocycles. The number of rotatable bonds is 19. The summed E-state index contributed by atoms with van der Waals surface area (Å²) in [6, 6.07) is 0. The van der Waals surface area contributed by atoms with E-state index in [0.29, 0.717) is 25.7 Å². The molecule has 32 nitrogen and oxygen atoms in total. The van der Waals surface area contributed by atoms with Gasteiger partial charge in [-0.2, -0.15) is 0 Å². The van der Waals surface area contributed by atoms with Gasteiger partial charge in [-0.05, 0) is 69.6 Å². The number of carboxylic acid groups (broad SMARTS) is 1. The molecule has 18 N–H and O–H groups in total. The summed E-state index contributed by atoms with van der Waals surface area (Å²) >= 11 is 0. The number of carbonyl (C=O) groups excluding carboxylic acids is 2. The third-order valence-corrected chi connectivity index (χ3v) is 17.1. The summed E-state index contributed by atoms with van der Waals surface area (Å²) < 4.78 is 64.2. The maximum Gasteiger partial charge on any atom is 0.330 e. The van der Waals surface area contributed by atoms with E-state index in [1.807, 2.05) is 0 Å². The molecule has 0 radical (unpaired) electrons. The number of fused-ring (bicyclic) bond motifs is 1. The average Bonchev–Trinajstić information content (AvgIpc) is 3.64. The van der Waals surface area contributed by atoms with Gasteiger partial charge in [0.15, 0.2) is 25.2 Å². The Balaban J connectivity index is 0.970. The van der Waals surface area contributed by atoms with Gasteiger partial charge in [-0.3, -0.25) is 9.59 Å². The van der Waals surface area contributed by atoms with E-state index >= 15 is 0 Å². The van der Waals surface area contributed by atoms with Crippen molar-refractivity contribution in [2.24, 2.45) is 17.8 Å². The van der Waals surface area contributed by atoms with E-state index in [2.05, 4.69) is 0 Å². The van der Waals surface area contributed by atoms with Crippen molar-refractivity contribution in [3.63, 3.8) is 0 Å². The zero-order chi connectivity index (χ0) is 60.3. The van der Waals surface area contributed by atoms with Crippen LogP contribution in [-0.2, 0) is 66.5 Å². The standard InChI is InChI=1S/C51H80O32/c52-13-27-35(61)39(65)43(69)48(80-27)75-20-4-1-17(2-5-20)3-6-32(58)73-15-29-37(63)41(67)45(71)50(82-29)78-25-8-18(7-24(34(25)60)77-49-44(70)40(66)36(62)28(14-53)81-49)47-26(11-21-22(55)9-19(54)10-23(21)76-47)79-51-46(72)42(68)38(64)30(83-51)16-74-33(59)12-31(56)57/h3,6,17-30,34-55,60-72H,1-2,4-5,7-16H2,(H,56,57). The van der Waals surface area contributed by atoms with Crippen molar-refractivity contribution >= 4 is 17.9 Å². The number of ether oxygens (including phenoxy) is 11. The van der Waals surface area contributed by atoms with Crippen LogP contribution in [0.2, 0.25) is 0 Å². The van der Waals surface area contributed by atoms with Crippen molar-refractivity contribution in [3.05, 3.63) is 12.2 Å². The lowest BCUT2D eigenvalue weighted by Gasteiger charge is -2.52. The molecule has 5 saturated heterocycles. The number of hydrogen-bond donors (Lipinski definition) is 18. The fourth-order valence-corrected chi connectivity index (χ4v) is 12.3. The van der Waals surface area contributed by atoms with E-state index in [9.17, 15) is 101 Å². The molecular weight excluding hydrogens is 1120 g/mol. The molecular formula is C51H80O32.